The fourth-order valence-electron chi connectivity index (χ4n) is 1.99. The van der Waals surface area contributed by atoms with E-state index in [0.717, 1.165) is 6.07 Å². The molecule has 0 amide bonds. The largest absolute Gasteiger partial charge is 0.476 e. The van der Waals surface area contributed by atoms with E-state index in [1.165, 1.54) is 22.7 Å². The minimum absolute atomic E-state index is 0.0902. The van der Waals surface area contributed by atoms with Crippen LogP contribution in [0, 0.1) is 11.6 Å². The number of fused-ring (bicyclic) bond motifs is 1. The topological polar surface area (TPSA) is 54.6 Å². The Morgan fingerprint density at radius 1 is 1.05 bits per heavy atom. The van der Waals surface area contributed by atoms with Gasteiger partial charge in [-0.05, 0) is 35.4 Å². The third-order valence-electron chi connectivity index (χ3n) is 2.87. The van der Waals surface area contributed by atoms with Crippen molar-refractivity contribution in [1.29, 1.82) is 0 Å². The maximum absolute atomic E-state index is 13.2. The molecule has 2 aromatic heterocycles. The summed E-state index contributed by atoms with van der Waals surface area (Å²) in [5.74, 6) is -2.47. The Balaban J connectivity index is 2.14. The van der Waals surface area contributed by atoms with E-state index >= 15 is 0 Å². The Morgan fingerprint density at radius 2 is 1.75 bits per heavy atom. The van der Waals surface area contributed by atoms with Gasteiger partial charge in [0.25, 0.3) is 0 Å². The summed E-state index contributed by atoms with van der Waals surface area (Å²) in [6.07, 6.45) is 2.92. The molecule has 1 aromatic carbocycles. The number of hydrogen-bond acceptors (Lipinski definition) is 2. The Kier molecular flexibility index (Phi) is 2.71. The monoisotopic (exact) mass is 274 g/mol. The average Bonchev–Trinajstić information content (AvgIpc) is 2.80. The zero-order chi connectivity index (χ0) is 14.3. The predicted molar refractivity (Wildman–Crippen MR) is 67.5 cm³/mol. The Hall–Kier alpha value is -2.76. The molecule has 3 aromatic rings. The molecule has 4 nitrogen and oxygen atoms in total. The summed E-state index contributed by atoms with van der Waals surface area (Å²) >= 11 is 0. The minimum atomic E-state index is -1.13. The van der Waals surface area contributed by atoms with Crippen molar-refractivity contribution in [1.82, 2.24) is 9.38 Å². The van der Waals surface area contributed by atoms with Crippen LogP contribution in [0.15, 0.2) is 42.7 Å². The van der Waals surface area contributed by atoms with Crippen LogP contribution in [0.3, 0.4) is 0 Å². The normalized spacial score (nSPS) is 10.9. The van der Waals surface area contributed by atoms with Gasteiger partial charge in [-0.15, -0.1) is 0 Å². The smallest absolute Gasteiger partial charge is 0.356 e. The summed E-state index contributed by atoms with van der Waals surface area (Å²) in [6, 6.07) is 6.42. The quantitative estimate of drug-likeness (QED) is 0.781. The van der Waals surface area contributed by atoms with Crippen LogP contribution in [0.5, 0.6) is 0 Å². The Bertz CT molecular complexity index is 807. The summed E-state index contributed by atoms with van der Waals surface area (Å²) in [5, 5.41) is 8.87. The van der Waals surface area contributed by atoms with Crippen molar-refractivity contribution in [2.75, 3.05) is 0 Å². The van der Waals surface area contributed by atoms with Crippen molar-refractivity contribution < 1.29 is 18.7 Å². The molecule has 1 N–H and O–H groups in total. The number of carboxylic acid groups (broad SMARTS) is 1. The first kappa shape index (κ1) is 12.3. The molecule has 0 unspecified atom stereocenters. The minimum Gasteiger partial charge on any atom is -0.476 e. The van der Waals surface area contributed by atoms with Gasteiger partial charge < -0.3 is 9.51 Å². The zero-order valence-electron chi connectivity index (χ0n) is 10.0. The lowest BCUT2D eigenvalue weighted by Crippen LogP contribution is -1.94. The number of pyridine rings is 1. The van der Waals surface area contributed by atoms with E-state index in [1.54, 1.807) is 18.3 Å². The van der Waals surface area contributed by atoms with E-state index in [-0.39, 0.29) is 5.69 Å². The van der Waals surface area contributed by atoms with Crippen LogP contribution in [0.25, 0.3) is 16.8 Å². The third kappa shape index (κ3) is 2.11. The van der Waals surface area contributed by atoms with E-state index in [4.69, 9.17) is 5.11 Å². The molecule has 20 heavy (non-hydrogen) atoms. The highest BCUT2D eigenvalue weighted by atomic mass is 19.1. The summed E-state index contributed by atoms with van der Waals surface area (Å²) in [5.41, 5.74) is 1.29. The van der Waals surface area contributed by atoms with Crippen LogP contribution in [0.2, 0.25) is 0 Å². The first-order chi connectivity index (χ1) is 9.52. The lowest BCUT2D eigenvalue weighted by atomic mass is 10.1. The van der Waals surface area contributed by atoms with Crippen LogP contribution < -0.4 is 0 Å². The molecule has 0 radical (unpaired) electrons. The molecule has 0 bridgehead atoms. The molecule has 0 saturated carbocycles. The SMILES string of the molecule is O=C(O)c1cn2cc(-c3cc(F)cc(F)c3)ccc2n1. The summed E-state index contributed by atoms with van der Waals surface area (Å²) < 4.78 is 27.9. The van der Waals surface area contributed by atoms with Gasteiger partial charge >= 0.3 is 5.97 Å². The number of carbonyl (C=O) groups is 1. The van der Waals surface area contributed by atoms with Crippen molar-refractivity contribution in [3.05, 3.63) is 60.1 Å². The van der Waals surface area contributed by atoms with Crippen molar-refractivity contribution in [2.45, 2.75) is 0 Å². The molecule has 3 rings (SSSR count). The third-order valence-corrected chi connectivity index (χ3v) is 2.87. The van der Waals surface area contributed by atoms with E-state index in [9.17, 15) is 13.6 Å². The maximum atomic E-state index is 13.2. The predicted octanol–water partition coefficient (Wildman–Crippen LogP) is 2.98. The molecule has 2 heterocycles. The number of aromatic carboxylic acids is 1. The lowest BCUT2D eigenvalue weighted by Gasteiger charge is -2.03. The van der Waals surface area contributed by atoms with Gasteiger partial charge in [-0.1, -0.05) is 0 Å². The summed E-state index contributed by atoms with van der Waals surface area (Å²) in [6.45, 7) is 0. The van der Waals surface area contributed by atoms with Gasteiger partial charge in [-0.3, -0.25) is 0 Å². The molecule has 100 valence electrons. The number of hydrogen-bond donors (Lipinski definition) is 1. The maximum Gasteiger partial charge on any atom is 0.356 e. The number of rotatable bonds is 2. The molecule has 0 saturated heterocycles. The molecular weight excluding hydrogens is 266 g/mol. The number of benzene rings is 1. The molecule has 0 aliphatic heterocycles. The Labute approximate surface area is 111 Å². The van der Waals surface area contributed by atoms with Gasteiger partial charge in [0.15, 0.2) is 5.69 Å². The summed E-state index contributed by atoms with van der Waals surface area (Å²) in [4.78, 5) is 14.7. The lowest BCUT2D eigenvalue weighted by molar-refractivity contribution is 0.0691. The van der Waals surface area contributed by atoms with Gasteiger partial charge in [0.05, 0.1) is 0 Å². The van der Waals surface area contributed by atoms with Crippen LogP contribution >= 0.6 is 0 Å². The van der Waals surface area contributed by atoms with Crippen molar-refractivity contribution in [2.24, 2.45) is 0 Å². The fourth-order valence-corrected chi connectivity index (χ4v) is 1.99. The molecule has 0 atom stereocenters. The van der Waals surface area contributed by atoms with Crippen LogP contribution in [0.4, 0.5) is 8.78 Å². The zero-order valence-corrected chi connectivity index (χ0v) is 10.0. The van der Waals surface area contributed by atoms with Crippen molar-refractivity contribution >= 4 is 11.6 Å². The van der Waals surface area contributed by atoms with E-state index < -0.39 is 17.6 Å². The number of halogens is 2. The number of aromatic nitrogens is 2. The molecule has 0 aliphatic carbocycles. The highest BCUT2D eigenvalue weighted by Gasteiger charge is 2.10. The first-order valence-electron chi connectivity index (χ1n) is 5.71. The van der Waals surface area contributed by atoms with Crippen molar-refractivity contribution in [3.8, 4) is 11.1 Å². The van der Waals surface area contributed by atoms with Crippen LogP contribution in [-0.4, -0.2) is 20.5 Å². The first-order valence-corrected chi connectivity index (χ1v) is 5.71. The number of imidazole rings is 1. The van der Waals surface area contributed by atoms with Crippen LogP contribution in [0.1, 0.15) is 10.5 Å². The van der Waals surface area contributed by atoms with E-state index in [0.29, 0.717) is 16.8 Å². The van der Waals surface area contributed by atoms with Crippen molar-refractivity contribution in [3.63, 3.8) is 0 Å². The summed E-state index contributed by atoms with van der Waals surface area (Å²) in [7, 11) is 0. The highest BCUT2D eigenvalue weighted by Crippen LogP contribution is 2.22. The molecule has 0 aliphatic rings. The molecular formula is C14H8F2N2O2. The van der Waals surface area contributed by atoms with E-state index in [2.05, 4.69) is 4.98 Å². The second-order valence-corrected chi connectivity index (χ2v) is 4.27. The standard InChI is InChI=1S/C14H8F2N2O2/c15-10-3-9(4-11(16)5-10)8-1-2-13-17-12(14(19)20)7-18(13)6-8/h1-7H,(H,19,20). The van der Waals surface area contributed by atoms with Gasteiger partial charge in [-0.2, -0.15) is 0 Å². The molecule has 0 spiro atoms. The second-order valence-electron chi connectivity index (χ2n) is 4.27. The fraction of sp³-hybridized carbons (Fsp3) is 0. The number of nitrogens with zero attached hydrogens (tertiary/aromatic N) is 2. The van der Waals surface area contributed by atoms with E-state index in [1.807, 2.05) is 0 Å². The highest BCUT2D eigenvalue weighted by molar-refractivity contribution is 5.86. The molecule has 0 fully saturated rings. The van der Waals surface area contributed by atoms with Gasteiger partial charge in [0.1, 0.15) is 17.3 Å². The molecule has 6 heteroatoms. The number of carboxylic acids is 1. The van der Waals surface area contributed by atoms with Gasteiger partial charge in [-0.25, -0.2) is 18.6 Å². The van der Waals surface area contributed by atoms with Gasteiger partial charge in [0, 0.05) is 18.5 Å². The average molecular weight is 274 g/mol. The second kappa shape index (κ2) is 4.41. The van der Waals surface area contributed by atoms with Crippen LogP contribution in [-0.2, 0) is 0 Å². The Morgan fingerprint density at radius 3 is 2.40 bits per heavy atom. The van der Waals surface area contributed by atoms with Gasteiger partial charge in [0.2, 0.25) is 0 Å².